The van der Waals surface area contributed by atoms with Gasteiger partial charge >= 0.3 is 0 Å². The summed E-state index contributed by atoms with van der Waals surface area (Å²) >= 11 is 0. The van der Waals surface area contributed by atoms with Crippen molar-refractivity contribution in [1.82, 2.24) is 5.32 Å². The molecule has 0 radical (unpaired) electrons. The summed E-state index contributed by atoms with van der Waals surface area (Å²) in [6.45, 7) is 4.23. The average Bonchev–Trinajstić information content (AvgIpc) is 1.98. The average molecular weight is 159 g/mol. The van der Waals surface area contributed by atoms with Gasteiger partial charge in [-0.15, -0.1) is 0 Å². The van der Waals surface area contributed by atoms with Gasteiger partial charge in [-0.2, -0.15) is 0 Å². The molecule has 0 heterocycles. The van der Waals surface area contributed by atoms with Crippen LogP contribution in [-0.4, -0.2) is 32.6 Å². The number of hydrogen-bond acceptors (Lipinski definition) is 3. The highest BCUT2D eigenvalue weighted by Crippen LogP contribution is 1.99. The third-order valence-electron chi connectivity index (χ3n) is 1.59. The number of rotatable bonds is 5. The Hall–Kier alpha value is -0.410. The molecule has 0 saturated carbocycles. The van der Waals surface area contributed by atoms with Gasteiger partial charge in [-0.25, -0.2) is 0 Å². The monoisotopic (exact) mass is 159 g/mol. The van der Waals surface area contributed by atoms with Crippen LogP contribution in [-0.2, 0) is 9.53 Å². The zero-order chi connectivity index (χ0) is 8.85. The highest BCUT2D eigenvalue weighted by Gasteiger charge is 2.18. The van der Waals surface area contributed by atoms with Gasteiger partial charge in [-0.1, -0.05) is 13.8 Å². The zero-order valence-electron chi connectivity index (χ0n) is 7.68. The Bertz CT molecular complexity index is 123. The van der Waals surface area contributed by atoms with Crippen LogP contribution in [0.5, 0.6) is 0 Å². The van der Waals surface area contributed by atoms with Crippen LogP contribution < -0.4 is 5.32 Å². The summed E-state index contributed by atoms with van der Waals surface area (Å²) in [6, 6.07) is -0.153. The van der Waals surface area contributed by atoms with E-state index in [1.165, 1.54) is 0 Å². The van der Waals surface area contributed by atoms with E-state index in [-0.39, 0.29) is 17.7 Å². The van der Waals surface area contributed by atoms with E-state index < -0.39 is 0 Å². The first-order valence-corrected chi connectivity index (χ1v) is 3.83. The molecule has 0 saturated heterocycles. The molecule has 1 N–H and O–H groups in total. The maximum absolute atomic E-state index is 11.3. The Labute approximate surface area is 68.1 Å². The fourth-order valence-corrected chi connectivity index (χ4v) is 0.877. The SMILES string of the molecule is CN[C@H](COC)C(=O)C(C)C. The summed E-state index contributed by atoms with van der Waals surface area (Å²) in [4.78, 5) is 11.3. The van der Waals surface area contributed by atoms with Crippen molar-refractivity contribution in [3.8, 4) is 0 Å². The number of ketones is 1. The summed E-state index contributed by atoms with van der Waals surface area (Å²) in [5.41, 5.74) is 0. The molecule has 0 amide bonds. The number of carbonyl (C=O) groups excluding carboxylic acids is 1. The largest absolute Gasteiger partial charge is 0.383 e. The molecule has 0 bridgehead atoms. The van der Waals surface area contributed by atoms with Gasteiger partial charge in [0, 0.05) is 13.0 Å². The summed E-state index contributed by atoms with van der Waals surface area (Å²) in [6.07, 6.45) is 0. The fraction of sp³-hybridized carbons (Fsp3) is 0.875. The first kappa shape index (κ1) is 10.6. The first-order chi connectivity index (χ1) is 5.13. The maximum Gasteiger partial charge on any atom is 0.154 e. The third-order valence-corrected chi connectivity index (χ3v) is 1.59. The molecule has 66 valence electrons. The standard InChI is InChI=1S/C8H17NO2/c1-6(2)8(10)7(9-3)5-11-4/h6-7,9H,5H2,1-4H3/t7-/m1/s1. The topological polar surface area (TPSA) is 38.3 Å². The molecule has 0 aliphatic carbocycles. The Balaban J connectivity index is 3.92. The summed E-state index contributed by atoms with van der Waals surface area (Å²) < 4.78 is 4.88. The molecule has 0 rings (SSSR count). The molecule has 0 fully saturated rings. The lowest BCUT2D eigenvalue weighted by atomic mass is 10.0. The van der Waals surface area contributed by atoms with E-state index >= 15 is 0 Å². The molecule has 0 aromatic rings. The second kappa shape index (κ2) is 5.27. The van der Waals surface area contributed by atoms with Crippen LogP contribution in [0.4, 0.5) is 0 Å². The van der Waals surface area contributed by atoms with Crippen molar-refractivity contribution in [2.75, 3.05) is 20.8 Å². The van der Waals surface area contributed by atoms with Gasteiger partial charge in [0.05, 0.1) is 12.6 Å². The highest BCUT2D eigenvalue weighted by molar-refractivity contribution is 5.85. The van der Waals surface area contributed by atoms with E-state index in [4.69, 9.17) is 4.74 Å². The van der Waals surface area contributed by atoms with E-state index in [0.717, 1.165) is 0 Å². The van der Waals surface area contributed by atoms with Crippen LogP contribution in [0.2, 0.25) is 0 Å². The van der Waals surface area contributed by atoms with Crippen LogP contribution in [0.3, 0.4) is 0 Å². The van der Waals surface area contributed by atoms with E-state index in [1.54, 1.807) is 14.2 Å². The lowest BCUT2D eigenvalue weighted by molar-refractivity contribution is -0.125. The number of carbonyl (C=O) groups is 1. The summed E-state index contributed by atoms with van der Waals surface area (Å²) in [5.74, 6) is 0.275. The van der Waals surface area contributed by atoms with Crippen molar-refractivity contribution in [3.05, 3.63) is 0 Å². The van der Waals surface area contributed by atoms with Crippen LogP contribution in [0.1, 0.15) is 13.8 Å². The number of methoxy groups -OCH3 is 1. The third kappa shape index (κ3) is 3.49. The van der Waals surface area contributed by atoms with Gasteiger partial charge in [0.25, 0.3) is 0 Å². The molecule has 0 spiro atoms. The molecule has 0 aromatic carbocycles. The lowest BCUT2D eigenvalue weighted by Crippen LogP contribution is -2.40. The predicted octanol–water partition coefficient (Wildman–Crippen LogP) is 0.446. The van der Waals surface area contributed by atoms with Crippen molar-refractivity contribution in [3.63, 3.8) is 0 Å². The molecule has 0 aliphatic heterocycles. The van der Waals surface area contributed by atoms with E-state index in [1.807, 2.05) is 13.8 Å². The lowest BCUT2D eigenvalue weighted by Gasteiger charge is -2.15. The first-order valence-electron chi connectivity index (χ1n) is 3.83. The number of likely N-dealkylation sites (N-methyl/N-ethyl adjacent to an activating group) is 1. The molecule has 0 aliphatic rings. The summed E-state index contributed by atoms with van der Waals surface area (Å²) in [7, 11) is 3.36. The molecular formula is C8H17NO2. The Morgan fingerprint density at radius 2 is 2.09 bits per heavy atom. The van der Waals surface area contributed by atoms with Gasteiger partial charge in [0.1, 0.15) is 0 Å². The van der Waals surface area contributed by atoms with Gasteiger partial charge < -0.3 is 10.1 Å². The Morgan fingerprint density at radius 1 is 1.55 bits per heavy atom. The Morgan fingerprint density at radius 3 is 2.36 bits per heavy atom. The van der Waals surface area contributed by atoms with Crippen LogP contribution in [0.15, 0.2) is 0 Å². The number of ether oxygens (including phenoxy) is 1. The predicted molar refractivity (Wildman–Crippen MR) is 44.6 cm³/mol. The molecule has 11 heavy (non-hydrogen) atoms. The van der Waals surface area contributed by atoms with Crippen molar-refractivity contribution < 1.29 is 9.53 Å². The van der Waals surface area contributed by atoms with E-state index in [0.29, 0.717) is 6.61 Å². The van der Waals surface area contributed by atoms with Crippen molar-refractivity contribution in [2.45, 2.75) is 19.9 Å². The minimum Gasteiger partial charge on any atom is -0.383 e. The highest BCUT2D eigenvalue weighted by atomic mass is 16.5. The summed E-state index contributed by atoms with van der Waals surface area (Å²) in [5, 5.41) is 2.91. The quantitative estimate of drug-likeness (QED) is 0.633. The molecule has 3 heteroatoms. The normalized spacial score (nSPS) is 13.5. The Kier molecular flexibility index (Phi) is 5.07. The van der Waals surface area contributed by atoms with Crippen molar-refractivity contribution in [1.29, 1.82) is 0 Å². The molecule has 0 unspecified atom stereocenters. The van der Waals surface area contributed by atoms with Crippen molar-refractivity contribution in [2.24, 2.45) is 5.92 Å². The van der Waals surface area contributed by atoms with Gasteiger partial charge in [-0.3, -0.25) is 4.79 Å². The minimum atomic E-state index is -0.153. The van der Waals surface area contributed by atoms with Gasteiger partial charge in [0.15, 0.2) is 5.78 Å². The maximum atomic E-state index is 11.3. The van der Waals surface area contributed by atoms with Crippen LogP contribution in [0, 0.1) is 5.92 Å². The van der Waals surface area contributed by atoms with E-state index in [9.17, 15) is 4.79 Å². The number of hydrogen-bond donors (Lipinski definition) is 1. The fourth-order valence-electron chi connectivity index (χ4n) is 0.877. The minimum absolute atomic E-state index is 0.0719. The van der Waals surface area contributed by atoms with Gasteiger partial charge in [-0.05, 0) is 7.05 Å². The smallest absolute Gasteiger partial charge is 0.154 e. The van der Waals surface area contributed by atoms with Gasteiger partial charge in [0.2, 0.25) is 0 Å². The van der Waals surface area contributed by atoms with Crippen molar-refractivity contribution >= 4 is 5.78 Å². The van der Waals surface area contributed by atoms with Crippen LogP contribution in [0.25, 0.3) is 0 Å². The second-order valence-corrected chi connectivity index (χ2v) is 2.85. The number of nitrogens with one attached hydrogen (secondary N) is 1. The number of Topliss-reactive ketones (excluding diaryl/α,β-unsaturated/α-hetero) is 1. The molecule has 3 nitrogen and oxygen atoms in total. The second-order valence-electron chi connectivity index (χ2n) is 2.85. The van der Waals surface area contributed by atoms with Crippen LogP contribution >= 0.6 is 0 Å². The van der Waals surface area contributed by atoms with E-state index in [2.05, 4.69) is 5.32 Å². The molecule has 0 aromatic heterocycles. The molecular weight excluding hydrogens is 142 g/mol. The molecule has 1 atom stereocenters. The zero-order valence-corrected chi connectivity index (χ0v) is 7.68.